The third-order valence-electron chi connectivity index (χ3n) is 3.74. The molecule has 1 aliphatic heterocycles. The Morgan fingerprint density at radius 1 is 1.09 bits per heavy atom. The molecule has 2 aromatic rings. The molecule has 0 unspecified atom stereocenters. The Morgan fingerprint density at radius 2 is 1.86 bits per heavy atom. The number of carbonyl (C=O) groups is 2. The van der Waals surface area contributed by atoms with E-state index in [1.54, 1.807) is 23.5 Å². The highest BCUT2D eigenvalue weighted by atomic mass is 32.1. The van der Waals surface area contributed by atoms with Gasteiger partial charge in [-0.15, -0.1) is 11.3 Å². The van der Waals surface area contributed by atoms with E-state index in [2.05, 4.69) is 5.32 Å². The molecule has 2 amide bonds. The third kappa shape index (κ3) is 3.36. The molecular formula is C17H18N2O2S. The maximum Gasteiger partial charge on any atom is 0.255 e. The molecule has 114 valence electrons. The zero-order valence-corrected chi connectivity index (χ0v) is 13.1. The summed E-state index contributed by atoms with van der Waals surface area (Å²) in [5.74, 6) is -0.0892. The van der Waals surface area contributed by atoms with Gasteiger partial charge in [0.2, 0.25) is 5.91 Å². The molecule has 3 rings (SSSR count). The molecule has 1 N–H and O–H groups in total. The molecule has 1 aliphatic rings. The van der Waals surface area contributed by atoms with Crippen molar-refractivity contribution in [2.24, 2.45) is 0 Å². The van der Waals surface area contributed by atoms with Crippen LogP contribution >= 0.6 is 11.3 Å². The molecule has 1 saturated heterocycles. The molecule has 0 saturated carbocycles. The summed E-state index contributed by atoms with van der Waals surface area (Å²) in [4.78, 5) is 27.6. The molecule has 0 spiro atoms. The monoisotopic (exact) mass is 314 g/mol. The minimum atomic E-state index is -0.0934. The average Bonchev–Trinajstić information content (AvgIpc) is 3.20. The Kier molecular flexibility index (Phi) is 4.53. The van der Waals surface area contributed by atoms with Crippen molar-refractivity contribution in [2.45, 2.75) is 19.3 Å². The van der Waals surface area contributed by atoms with Crippen LogP contribution in [0.1, 0.15) is 28.1 Å². The maximum atomic E-state index is 12.5. The fourth-order valence-electron chi connectivity index (χ4n) is 2.63. The van der Waals surface area contributed by atoms with Crippen LogP contribution in [-0.4, -0.2) is 29.8 Å². The number of thiophene rings is 1. The van der Waals surface area contributed by atoms with Gasteiger partial charge in [0, 0.05) is 18.0 Å². The molecule has 5 heteroatoms. The molecule has 4 nitrogen and oxygen atoms in total. The van der Waals surface area contributed by atoms with Crippen LogP contribution < -0.4 is 5.32 Å². The van der Waals surface area contributed by atoms with Gasteiger partial charge in [-0.25, -0.2) is 0 Å². The van der Waals surface area contributed by atoms with Gasteiger partial charge in [0.05, 0.1) is 17.7 Å². The quantitative estimate of drug-likeness (QED) is 0.942. The standard InChI is InChI=1S/C17H18N2O2S/c20-16(12-13-6-5-11-22-13)18-15-8-2-1-7-14(15)17(21)19-9-3-4-10-19/h1-2,5-8,11H,3-4,9-10,12H2,(H,18,20). The second-order valence-electron chi connectivity index (χ2n) is 5.35. The first-order valence-corrected chi connectivity index (χ1v) is 8.32. The van der Waals surface area contributed by atoms with E-state index in [-0.39, 0.29) is 11.8 Å². The minimum Gasteiger partial charge on any atom is -0.339 e. The van der Waals surface area contributed by atoms with Crippen molar-refractivity contribution >= 4 is 28.8 Å². The van der Waals surface area contributed by atoms with Crippen molar-refractivity contribution in [3.63, 3.8) is 0 Å². The summed E-state index contributed by atoms with van der Waals surface area (Å²) in [6.45, 7) is 1.60. The highest BCUT2D eigenvalue weighted by Gasteiger charge is 2.22. The summed E-state index contributed by atoms with van der Waals surface area (Å²) in [6, 6.07) is 11.1. The summed E-state index contributed by atoms with van der Waals surface area (Å²) in [5.41, 5.74) is 1.17. The number of rotatable bonds is 4. The second-order valence-corrected chi connectivity index (χ2v) is 6.38. The molecule has 22 heavy (non-hydrogen) atoms. The Bertz CT molecular complexity index is 661. The van der Waals surface area contributed by atoms with Crippen LogP contribution in [0.3, 0.4) is 0 Å². The molecule has 2 heterocycles. The van der Waals surface area contributed by atoms with E-state index in [1.165, 1.54) is 0 Å². The van der Waals surface area contributed by atoms with Crippen LogP contribution in [0, 0.1) is 0 Å². The van der Waals surface area contributed by atoms with E-state index < -0.39 is 0 Å². The molecule has 0 bridgehead atoms. The fourth-order valence-corrected chi connectivity index (χ4v) is 3.34. The summed E-state index contributed by atoms with van der Waals surface area (Å²) in [5, 5.41) is 4.83. The number of likely N-dealkylation sites (tertiary alicyclic amines) is 1. The lowest BCUT2D eigenvalue weighted by molar-refractivity contribution is -0.115. The highest BCUT2D eigenvalue weighted by molar-refractivity contribution is 7.10. The predicted octanol–water partition coefficient (Wildman–Crippen LogP) is 3.17. The lowest BCUT2D eigenvalue weighted by Crippen LogP contribution is -2.29. The van der Waals surface area contributed by atoms with E-state index in [0.717, 1.165) is 30.8 Å². The molecule has 1 fully saturated rings. The molecule has 0 atom stereocenters. The van der Waals surface area contributed by atoms with Crippen LogP contribution in [0.25, 0.3) is 0 Å². The summed E-state index contributed by atoms with van der Waals surface area (Å²) in [7, 11) is 0. The summed E-state index contributed by atoms with van der Waals surface area (Å²) < 4.78 is 0. The number of hydrogen-bond donors (Lipinski definition) is 1. The van der Waals surface area contributed by atoms with E-state index >= 15 is 0 Å². The zero-order chi connectivity index (χ0) is 15.4. The van der Waals surface area contributed by atoms with Gasteiger partial charge < -0.3 is 10.2 Å². The molecule has 0 radical (unpaired) electrons. The first-order chi connectivity index (χ1) is 10.7. The molecular weight excluding hydrogens is 296 g/mol. The predicted molar refractivity (Wildman–Crippen MR) is 88.2 cm³/mol. The van der Waals surface area contributed by atoms with Crippen molar-refractivity contribution in [1.29, 1.82) is 0 Å². The van der Waals surface area contributed by atoms with Crippen LogP contribution in [0.2, 0.25) is 0 Å². The smallest absolute Gasteiger partial charge is 0.255 e. The zero-order valence-electron chi connectivity index (χ0n) is 12.2. The SMILES string of the molecule is O=C(Cc1cccs1)Nc1ccccc1C(=O)N1CCCC1. The van der Waals surface area contributed by atoms with Gasteiger partial charge in [0.1, 0.15) is 0 Å². The number of nitrogens with one attached hydrogen (secondary N) is 1. The Morgan fingerprint density at radius 3 is 2.59 bits per heavy atom. The van der Waals surface area contributed by atoms with E-state index in [9.17, 15) is 9.59 Å². The van der Waals surface area contributed by atoms with Crippen LogP contribution in [0.15, 0.2) is 41.8 Å². The first-order valence-electron chi connectivity index (χ1n) is 7.44. The third-order valence-corrected chi connectivity index (χ3v) is 4.62. The Labute approximate surface area is 133 Å². The van der Waals surface area contributed by atoms with Crippen LogP contribution in [0.5, 0.6) is 0 Å². The van der Waals surface area contributed by atoms with Gasteiger partial charge in [0.15, 0.2) is 0 Å². The molecule has 1 aromatic carbocycles. The van der Waals surface area contributed by atoms with Crippen LogP contribution in [0.4, 0.5) is 5.69 Å². The lowest BCUT2D eigenvalue weighted by Gasteiger charge is -2.17. The number of anilines is 1. The minimum absolute atomic E-state index is 0.00419. The number of para-hydroxylation sites is 1. The van der Waals surface area contributed by atoms with E-state index in [4.69, 9.17) is 0 Å². The fraction of sp³-hybridized carbons (Fsp3) is 0.294. The number of carbonyl (C=O) groups excluding carboxylic acids is 2. The number of benzene rings is 1. The van der Waals surface area contributed by atoms with E-state index in [0.29, 0.717) is 17.7 Å². The van der Waals surface area contributed by atoms with E-state index in [1.807, 2.05) is 34.5 Å². The molecule has 0 aliphatic carbocycles. The van der Waals surface area contributed by atoms with Crippen LogP contribution in [-0.2, 0) is 11.2 Å². The van der Waals surface area contributed by atoms with Gasteiger partial charge in [-0.05, 0) is 36.4 Å². The van der Waals surface area contributed by atoms with Crippen molar-refractivity contribution in [3.05, 3.63) is 52.2 Å². The van der Waals surface area contributed by atoms with Crippen molar-refractivity contribution in [2.75, 3.05) is 18.4 Å². The average molecular weight is 314 g/mol. The largest absolute Gasteiger partial charge is 0.339 e. The second kappa shape index (κ2) is 6.75. The van der Waals surface area contributed by atoms with Gasteiger partial charge in [-0.3, -0.25) is 9.59 Å². The number of amides is 2. The lowest BCUT2D eigenvalue weighted by atomic mass is 10.1. The topological polar surface area (TPSA) is 49.4 Å². The summed E-state index contributed by atoms with van der Waals surface area (Å²) >= 11 is 1.56. The molecule has 1 aromatic heterocycles. The normalized spacial score (nSPS) is 14.1. The first kappa shape index (κ1) is 14.8. The number of nitrogens with zero attached hydrogens (tertiary/aromatic N) is 1. The van der Waals surface area contributed by atoms with Gasteiger partial charge >= 0.3 is 0 Å². The van der Waals surface area contributed by atoms with Gasteiger partial charge in [-0.2, -0.15) is 0 Å². The highest BCUT2D eigenvalue weighted by Crippen LogP contribution is 2.20. The van der Waals surface area contributed by atoms with Crippen molar-refractivity contribution in [3.8, 4) is 0 Å². The summed E-state index contributed by atoms with van der Waals surface area (Å²) in [6.07, 6.45) is 2.45. The Hall–Kier alpha value is -2.14. The van der Waals surface area contributed by atoms with Crippen molar-refractivity contribution < 1.29 is 9.59 Å². The number of hydrogen-bond acceptors (Lipinski definition) is 3. The van der Waals surface area contributed by atoms with Gasteiger partial charge in [0.25, 0.3) is 5.91 Å². The maximum absolute atomic E-state index is 12.5. The Balaban J connectivity index is 1.73. The van der Waals surface area contributed by atoms with Crippen molar-refractivity contribution in [1.82, 2.24) is 4.90 Å². The van der Waals surface area contributed by atoms with Gasteiger partial charge in [-0.1, -0.05) is 18.2 Å².